The molecule has 0 aromatic heterocycles. The Bertz CT molecular complexity index is 1390. The summed E-state index contributed by atoms with van der Waals surface area (Å²) in [6.07, 6.45) is 4.62. The van der Waals surface area contributed by atoms with Gasteiger partial charge in [0, 0.05) is 5.56 Å². The lowest BCUT2D eigenvalue weighted by Gasteiger charge is -2.32. The maximum Gasteiger partial charge on any atom is 0.272 e. The van der Waals surface area contributed by atoms with Crippen molar-refractivity contribution in [3.8, 4) is 5.75 Å². The van der Waals surface area contributed by atoms with Crippen LogP contribution in [0.25, 0.3) is 0 Å². The first-order valence-electron chi connectivity index (χ1n) is 16.0. The number of hydrogen-bond acceptors (Lipinski definition) is 5. The highest BCUT2D eigenvalue weighted by Crippen LogP contribution is 2.40. The van der Waals surface area contributed by atoms with Crippen molar-refractivity contribution < 1.29 is 14.3 Å². The first-order valence-corrected chi connectivity index (χ1v) is 16.7. The van der Waals surface area contributed by atoms with E-state index in [2.05, 4.69) is 69.0 Å². The fourth-order valence-electron chi connectivity index (χ4n) is 5.76. The first-order chi connectivity index (χ1) is 20.7. The van der Waals surface area contributed by atoms with Crippen LogP contribution in [0.4, 0.5) is 5.69 Å². The third kappa shape index (κ3) is 7.11. The number of hydrazone groups is 1. The number of halogens is 2. The SMILES string of the molecule is CCC(Oc1ccc(C(C)(C)CC)cc1C(C)(C)CC)C(=O)NC1=NN(c2c(Cl)cc(C)cc2Cl)C(=O)C1N1CCCCC1. The molecule has 2 heterocycles. The lowest BCUT2D eigenvalue weighted by molar-refractivity contribution is -0.126. The fraction of sp³-hybridized carbons (Fsp3) is 0.571. The van der Waals surface area contributed by atoms with E-state index < -0.39 is 12.1 Å². The molecule has 1 N–H and O–H groups in total. The molecule has 0 radical (unpaired) electrons. The number of amides is 2. The average molecular weight is 644 g/mol. The predicted octanol–water partition coefficient (Wildman–Crippen LogP) is 8.17. The van der Waals surface area contributed by atoms with Gasteiger partial charge in [0.15, 0.2) is 18.0 Å². The van der Waals surface area contributed by atoms with Gasteiger partial charge < -0.3 is 10.1 Å². The predicted molar refractivity (Wildman–Crippen MR) is 181 cm³/mol. The van der Waals surface area contributed by atoms with Gasteiger partial charge in [0.25, 0.3) is 11.8 Å². The molecule has 1 fully saturated rings. The Labute approximate surface area is 273 Å². The van der Waals surface area contributed by atoms with Crippen LogP contribution in [-0.4, -0.2) is 47.8 Å². The molecule has 2 aliphatic heterocycles. The molecule has 2 atom stereocenters. The minimum atomic E-state index is -0.785. The maximum atomic E-state index is 13.9. The average Bonchev–Trinajstić information content (AvgIpc) is 3.30. The Balaban J connectivity index is 1.67. The van der Waals surface area contributed by atoms with Crippen molar-refractivity contribution in [3.05, 3.63) is 57.1 Å². The van der Waals surface area contributed by atoms with Crippen molar-refractivity contribution in [2.75, 3.05) is 18.1 Å². The molecule has 0 spiro atoms. The molecule has 2 unspecified atom stereocenters. The number of amidine groups is 1. The van der Waals surface area contributed by atoms with E-state index in [1.54, 1.807) is 12.1 Å². The molecule has 2 amide bonds. The number of likely N-dealkylation sites (tertiary alicyclic amines) is 1. The second-order valence-corrected chi connectivity index (χ2v) is 14.2. The van der Waals surface area contributed by atoms with Gasteiger partial charge in [-0.2, -0.15) is 5.01 Å². The molecule has 9 heteroatoms. The molecule has 240 valence electrons. The van der Waals surface area contributed by atoms with Gasteiger partial charge in [-0.15, -0.1) is 5.10 Å². The van der Waals surface area contributed by atoms with Crippen LogP contribution < -0.4 is 15.1 Å². The zero-order chi connectivity index (χ0) is 32.4. The number of piperidine rings is 1. The number of rotatable bonds is 10. The van der Waals surface area contributed by atoms with Crippen molar-refractivity contribution in [2.45, 2.75) is 117 Å². The normalized spacial score (nSPS) is 18.8. The molecular formula is C35H48Cl2N4O3. The Hall–Kier alpha value is -2.61. The van der Waals surface area contributed by atoms with Gasteiger partial charge in [-0.05, 0) is 92.3 Å². The topological polar surface area (TPSA) is 74.2 Å². The smallest absolute Gasteiger partial charge is 0.272 e. The number of anilines is 1. The number of benzene rings is 2. The van der Waals surface area contributed by atoms with Gasteiger partial charge >= 0.3 is 0 Å². The molecule has 0 saturated carbocycles. The van der Waals surface area contributed by atoms with E-state index in [1.807, 2.05) is 19.9 Å². The quantitative estimate of drug-likeness (QED) is 0.284. The molecule has 2 aromatic rings. The molecule has 7 nitrogen and oxygen atoms in total. The minimum absolute atomic E-state index is 0.0182. The van der Waals surface area contributed by atoms with Gasteiger partial charge in [0.2, 0.25) is 0 Å². The maximum absolute atomic E-state index is 13.9. The number of nitrogens with one attached hydrogen (secondary N) is 1. The molecule has 1 saturated heterocycles. The molecule has 2 aliphatic rings. The summed E-state index contributed by atoms with van der Waals surface area (Å²) in [5, 5.41) is 9.52. The van der Waals surface area contributed by atoms with Gasteiger partial charge in [0.05, 0.1) is 10.0 Å². The Morgan fingerprint density at radius 2 is 1.61 bits per heavy atom. The van der Waals surface area contributed by atoms with Crippen molar-refractivity contribution in [2.24, 2.45) is 5.10 Å². The van der Waals surface area contributed by atoms with E-state index in [4.69, 9.17) is 27.9 Å². The summed E-state index contributed by atoms with van der Waals surface area (Å²) < 4.78 is 6.51. The minimum Gasteiger partial charge on any atom is -0.480 e. The van der Waals surface area contributed by atoms with E-state index in [0.717, 1.165) is 56.3 Å². The van der Waals surface area contributed by atoms with Gasteiger partial charge in [0.1, 0.15) is 11.4 Å². The number of carbonyl (C=O) groups is 2. The lowest BCUT2D eigenvalue weighted by atomic mass is 9.76. The van der Waals surface area contributed by atoms with Crippen molar-refractivity contribution in [1.82, 2.24) is 10.2 Å². The van der Waals surface area contributed by atoms with Gasteiger partial charge in [-0.3, -0.25) is 14.5 Å². The number of aryl methyl sites for hydroxylation is 1. The second kappa shape index (κ2) is 13.8. The number of nitrogens with zero attached hydrogens (tertiary/aromatic N) is 3. The summed E-state index contributed by atoms with van der Waals surface area (Å²) in [7, 11) is 0. The van der Waals surface area contributed by atoms with Crippen LogP contribution in [0.1, 0.15) is 104 Å². The molecular weight excluding hydrogens is 595 g/mol. The molecule has 44 heavy (non-hydrogen) atoms. The summed E-state index contributed by atoms with van der Waals surface area (Å²) >= 11 is 13.1. The van der Waals surface area contributed by atoms with Crippen molar-refractivity contribution in [3.63, 3.8) is 0 Å². The van der Waals surface area contributed by atoms with Crippen LogP contribution in [0.5, 0.6) is 5.75 Å². The largest absolute Gasteiger partial charge is 0.480 e. The zero-order valence-corrected chi connectivity index (χ0v) is 29.0. The molecule has 0 aliphatic carbocycles. The molecule has 4 rings (SSSR count). The summed E-state index contributed by atoms with van der Waals surface area (Å²) in [4.78, 5) is 29.9. The highest BCUT2D eigenvalue weighted by atomic mass is 35.5. The second-order valence-electron chi connectivity index (χ2n) is 13.4. The highest BCUT2D eigenvalue weighted by molar-refractivity contribution is 6.40. The summed E-state index contributed by atoms with van der Waals surface area (Å²) in [6.45, 7) is 18.5. The number of hydrogen-bond donors (Lipinski definition) is 1. The summed E-state index contributed by atoms with van der Waals surface area (Å²) in [6, 6.07) is 9.12. The Kier molecular flexibility index (Phi) is 10.7. The first kappa shape index (κ1) is 34.3. The van der Waals surface area contributed by atoms with Crippen LogP contribution in [0, 0.1) is 6.92 Å². The van der Waals surface area contributed by atoms with Crippen molar-refractivity contribution in [1.29, 1.82) is 0 Å². The summed E-state index contributed by atoms with van der Waals surface area (Å²) in [5.74, 6) is 0.337. The Morgan fingerprint density at radius 1 is 1.00 bits per heavy atom. The fourth-order valence-corrected chi connectivity index (χ4v) is 6.51. The molecule has 0 bridgehead atoms. The van der Waals surface area contributed by atoms with Crippen molar-refractivity contribution >= 4 is 46.5 Å². The highest BCUT2D eigenvalue weighted by Gasteiger charge is 2.44. The van der Waals surface area contributed by atoms with E-state index in [1.165, 1.54) is 10.6 Å². The van der Waals surface area contributed by atoms with Crippen LogP contribution in [-0.2, 0) is 20.4 Å². The van der Waals surface area contributed by atoms with Crippen LogP contribution in [0.3, 0.4) is 0 Å². The van der Waals surface area contributed by atoms with Crippen LogP contribution in [0.15, 0.2) is 35.4 Å². The van der Waals surface area contributed by atoms with Gasteiger partial charge in [-0.25, -0.2) is 0 Å². The molecule has 2 aromatic carbocycles. The van der Waals surface area contributed by atoms with E-state index in [-0.39, 0.29) is 28.5 Å². The standard InChI is InChI=1S/C35H48Cl2N4O3/c1-9-27(44-28-16-15-23(34(5,6)10-2)21-24(28)35(7,8)11-3)32(42)38-31-30(40-17-13-12-14-18-40)33(43)41(39-31)29-25(36)19-22(4)20-26(29)37/h15-16,19-21,27,30H,9-14,17-18H2,1-8H3,(H,38,39,42). The Morgan fingerprint density at radius 3 is 2.18 bits per heavy atom. The third-order valence-electron chi connectivity index (χ3n) is 9.48. The monoisotopic (exact) mass is 642 g/mol. The van der Waals surface area contributed by atoms with Crippen LogP contribution >= 0.6 is 23.2 Å². The number of carbonyl (C=O) groups excluding carboxylic acids is 2. The summed E-state index contributed by atoms with van der Waals surface area (Å²) in [5.41, 5.74) is 3.39. The third-order valence-corrected chi connectivity index (χ3v) is 10.1. The zero-order valence-electron chi connectivity index (χ0n) is 27.5. The lowest BCUT2D eigenvalue weighted by Crippen LogP contribution is -2.54. The van der Waals surface area contributed by atoms with E-state index in [0.29, 0.717) is 27.9 Å². The van der Waals surface area contributed by atoms with Gasteiger partial charge in [-0.1, -0.05) is 90.2 Å². The number of ether oxygens (including phenoxy) is 1. The van der Waals surface area contributed by atoms with E-state index in [9.17, 15) is 9.59 Å². The van der Waals surface area contributed by atoms with E-state index >= 15 is 0 Å². The van der Waals surface area contributed by atoms with Crippen LogP contribution in [0.2, 0.25) is 10.0 Å².